The van der Waals surface area contributed by atoms with Gasteiger partial charge in [-0.2, -0.15) is 0 Å². The zero-order valence-electron chi connectivity index (χ0n) is 16.4. The van der Waals surface area contributed by atoms with Gasteiger partial charge >= 0.3 is 0 Å². The maximum Gasteiger partial charge on any atom is 0.172 e. The summed E-state index contributed by atoms with van der Waals surface area (Å²) in [5, 5.41) is 19.0. The molecule has 0 atom stereocenters. The highest BCUT2D eigenvalue weighted by molar-refractivity contribution is 7.98. The fraction of sp³-hybridized carbons (Fsp3) is 0.381. The van der Waals surface area contributed by atoms with Crippen LogP contribution in [0.1, 0.15) is 26.2 Å². The van der Waals surface area contributed by atoms with E-state index in [1.807, 2.05) is 24.5 Å². The van der Waals surface area contributed by atoms with Crippen LogP contribution in [-0.4, -0.2) is 51.1 Å². The van der Waals surface area contributed by atoms with Crippen molar-refractivity contribution >= 4 is 28.5 Å². The quantitative estimate of drug-likeness (QED) is 0.641. The van der Waals surface area contributed by atoms with Crippen molar-refractivity contribution in [3.8, 4) is 17.0 Å². The van der Waals surface area contributed by atoms with E-state index in [9.17, 15) is 5.11 Å². The summed E-state index contributed by atoms with van der Waals surface area (Å²) in [6.07, 6.45) is 7.91. The molecule has 0 bridgehead atoms. The Balaban J connectivity index is 0.000000236. The van der Waals surface area contributed by atoms with Crippen LogP contribution in [0, 0.1) is 0 Å². The van der Waals surface area contributed by atoms with Crippen molar-refractivity contribution in [2.45, 2.75) is 31.1 Å². The number of anilines is 1. The Morgan fingerprint density at radius 1 is 1.14 bits per heavy atom. The molecule has 1 aliphatic heterocycles. The van der Waals surface area contributed by atoms with Gasteiger partial charge < -0.3 is 15.7 Å². The maximum absolute atomic E-state index is 10.2. The molecule has 3 aromatic rings. The lowest BCUT2D eigenvalue weighted by Gasteiger charge is -2.24. The molecule has 1 fully saturated rings. The lowest BCUT2D eigenvalue weighted by molar-refractivity contribution is 0.240. The highest BCUT2D eigenvalue weighted by Gasteiger charge is 2.13. The van der Waals surface area contributed by atoms with Gasteiger partial charge in [-0.15, -0.1) is 22.0 Å². The van der Waals surface area contributed by atoms with Gasteiger partial charge in [-0.1, -0.05) is 13.3 Å². The van der Waals surface area contributed by atoms with Gasteiger partial charge in [0.25, 0.3) is 0 Å². The lowest BCUT2D eigenvalue weighted by Crippen LogP contribution is -2.29. The number of nitrogen functional groups attached to an aromatic ring is 1. The second-order valence-corrected chi connectivity index (χ2v) is 7.59. The summed E-state index contributed by atoms with van der Waals surface area (Å²) in [5.41, 5.74) is 7.57. The molecule has 0 spiro atoms. The Hall–Kier alpha value is -2.38. The van der Waals surface area contributed by atoms with Crippen LogP contribution in [-0.2, 0) is 0 Å². The number of phenolic OH excluding ortho intramolecular Hbond substituents is 1. The van der Waals surface area contributed by atoms with Crippen molar-refractivity contribution in [2.24, 2.45) is 0 Å². The van der Waals surface area contributed by atoms with Crippen molar-refractivity contribution in [1.29, 1.82) is 0 Å². The third-order valence-corrected chi connectivity index (χ3v) is 5.64. The average molecular weight is 398 g/mol. The van der Waals surface area contributed by atoms with Crippen LogP contribution in [0.3, 0.4) is 0 Å². The van der Waals surface area contributed by atoms with Crippen molar-refractivity contribution in [3.05, 3.63) is 36.5 Å². The van der Waals surface area contributed by atoms with Crippen LogP contribution < -0.4 is 5.73 Å². The van der Waals surface area contributed by atoms with E-state index in [4.69, 9.17) is 5.73 Å². The molecule has 0 radical (unpaired) electrons. The first-order valence-electron chi connectivity index (χ1n) is 9.60. The monoisotopic (exact) mass is 397 g/mol. The maximum atomic E-state index is 10.2. The number of benzene rings is 1. The zero-order chi connectivity index (χ0) is 19.9. The molecule has 3 heterocycles. The first-order valence-corrected chi connectivity index (χ1v) is 10.8. The number of rotatable bonds is 3. The van der Waals surface area contributed by atoms with Crippen LogP contribution in [0.25, 0.3) is 22.2 Å². The molecule has 4 rings (SSSR count). The van der Waals surface area contributed by atoms with Gasteiger partial charge in [-0.3, -0.25) is 4.98 Å². The van der Waals surface area contributed by atoms with Gasteiger partial charge in [0, 0.05) is 22.0 Å². The molecule has 0 saturated carbocycles. The minimum Gasteiger partial charge on any atom is -0.507 e. The van der Waals surface area contributed by atoms with E-state index in [-0.39, 0.29) is 11.6 Å². The summed E-state index contributed by atoms with van der Waals surface area (Å²) in [5.74, 6) is 0.450. The van der Waals surface area contributed by atoms with Gasteiger partial charge in [-0.05, 0) is 69.1 Å². The fourth-order valence-corrected chi connectivity index (χ4v) is 3.75. The summed E-state index contributed by atoms with van der Waals surface area (Å²) in [4.78, 5) is 7.72. The molecule has 2 aromatic heterocycles. The molecule has 28 heavy (non-hydrogen) atoms. The van der Waals surface area contributed by atoms with Crippen LogP contribution in [0.5, 0.6) is 5.75 Å². The van der Waals surface area contributed by atoms with Crippen LogP contribution in [0.2, 0.25) is 0 Å². The smallest absolute Gasteiger partial charge is 0.172 e. The van der Waals surface area contributed by atoms with Gasteiger partial charge in [0.2, 0.25) is 0 Å². The number of phenols is 1. The largest absolute Gasteiger partial charge is 0.507 e. The van der Waals surface area contributed by atoms with E-state index in [1.54, 1.807) is 30.1 Å². The van der Waals surface area contributed by atoms with Crippen molar-refractivity contribution in [2.75, 3.05) is 31.6 Å². The van der Waals surface area contributed by atoms with E-state index >= 15 is 0 Å². The number of aromatic hydroxyl groups is 1. The number of thioether (sulfide) groups is 1. The third kappa shape index (κ3) is 4.72. The standard InChI is InChI=1S/C14H12N4OS.C7H15N/c1-20-8-4-5-9(11(19)7-8)12-10-3-2-6-16-13(10)14(15)18-17-12;1-2-8-6-4-3-5-7-8/h2-7,19H,1H3,(H2,15,18);2-7H2,1H3. The van der Waals surface area contributed by atoms with Crippen LogP contribution in [0.4, 0.5) is 5.82 Å². The van der Waals surface area contributed by atoms with Gasteiger partial charge in [0.05, 0.1) is 0 Å². The Labute approximate surface area is 170 Å². The molecule has 0 unspecified atom stereocenters. The molecule has 7 heteroatoms. The third-order valence-electron chi connectivity index (χ3n) is 4.92. The van der Waals surface area contributed by atoms with E-state index in [2.05, 4.69) is 27.0 Å². The SMILES string of the molecule is CCN1CCCCC1.CSc1ccc(-c2nnc(N)c3ncccc23)c(O)c1. The normalized spacial score (nSPS) is 14.5. The summed E-state index contributed by atoms with van der Waals surface area (Å²) < 4.78 is 0. The summed E-state index contributed by atoms with van der Waals surface area (Å²) in [6, 6.07) is 9.14. The van der Waals surface area contributed by atoms with Crippen molar-refractivity contribution in [1.82, 2.24) is 20.1 Å². The van der Waals surface area contributed by atoms with Crippen molar-refractivity contribution < 1.29 is 5.11 Å². The number of pyridine rings is 1. The molecule has 1 aromatic carbocycles. The van der Waals surface area contributed by atoms with E-state index in [0.29, 0.717) is 16.8 Å². The zero-order valence-corrected chi connectivity index (χ0v) is 17.2. The van der Waals surface area contributed by atoms with Crippen LogP contribution in [0.15, 0.2) is 41.4 Å². The van der Waals surface area contributed by atoms with Crippen LogP contribution >= 0.6 is 11.8 Å². The molecular formula is C21H27N5OS. The van der Waals surface area contributed by atoms with Gasteiger partial charge in [-0.25, -0.2) is 0 Å². The number of hydrogen-bond acceptors (Lipinski definition) is 7. The number of nitrogens with zero attached hydrogens (tertiary/aromatic N) is 4. The summed E-state index contributed by atoms with van der Waals surface area (Å²) in [7, 11) is 0. The van der Waals surface area contributed by atoms with Gasteiger partial charge in [0.1, 0.15) is 17.0 Å². The Kier molecular flexibility index (Phi) is 7.06. The summed E-state index contributed by atoms with van der Waals surface area (Å²) >= 11 is 1.56. The average Bonchev–Trinajstić information content (AvgIpc) is 2.75. The Morgan fingerprint density at radius 3 is 2.57 bits per heavy atom. The number of nitrogens with two attached hydrogens (primary N) is 1. The Morgan fingerprint density at radius 2 is 1.93 bits per heavy atom. The molecule has 0 amide bonds. The molecule has 6 nitrogen and oxygen atoms in total. The number of hydrogen-bond donors (Lipinski definition) is 2. The molecule has 1 saturated heterocycles. The second-order valence-electron chi connectivity index (χ2n) is 6.71. The molecular weight excluding hydrogens is 370 g/mol. The molecule has 148 valence electrons. The van der Waals surface area contributed by atoms with E-state index < -0.39 is 0 Å². The van der Waals surface area contributed by atoms with E-state index in [1.165, 1.54) is 38.9 Å². The number of piperidine rings is 1. The minimum absolute atomic E-state index is 0.168. The summed E-state index contributed by atoms with van der Waals surface area (Å²) in [6.45, 7) is 6.18. The van der Waals surface area contributed by atoms with E-state index in [0.717, 1.165) is 10.3 Å². The number of fused-ring (bicyclic) bond motifs is 1. The molecule has 1 aliphatic rings. The lowest BCUT2D eigenvalue weighted by atomic mass is 10.1. The Bertz CT molecular complexity index is 928. The minimum atomic E-state index is 0.168. The highest BCUT2D eigenvalue weighted by Crippen LogP contribution is 2.35. The number of aromatic nitrogens is 3. The highest BCUT2D eigenvalue weighted by atomic mass is 32.2. The fourth-order valence-electron chi connectivity index (χ4n) is 3.32. The molecule has 0 aliphatic carbocycles. The predicted molar refractivity (Wildman–Crippen MR) is 117 cm³/mol. The van der Waals surface area contributed by atoms with Gasteiger partial charge in [0.15, 0.2) is 5.82 Å². The number of likely N-dealkylation sites (tertiary alicyclic amines) is 1. The molecule has 3 N–H and O–H groups in total. The topological polar surface area (TPSA) is 88.2 Å². The second kappa shape index (κ2) is 9.71. The predicted octanol–water partition coefficient (Wildman–Crippen LogP) is 4.19. The first kappa shape index (κ1) is 20.4. The van der Waals surface area contributed by atoms with Crippen molar-refractivity contribution in [3.63, 3.8) is 0 Å². The first-order chi connectivity index (χ1) is 13.6.